The van der Waals surface area contributed by atoms with Crippen LogP contribution in [0, 0.1) is 5.92 Å². The Morgan fingerprint density at radius 3 is 2.37 bits per heavy atom. The number of hydrogen-bond acceptors (Lipinski definition) is 5. The molecule has 0 saturated heterocycles. The van der Waals surface area contributed by atoms with Crippen LogP contribution in [0.2, 0.25) is 0 Å². The number of hydrogen-bond donors (Lipinski definition) is 1. The monoisotopic (exact) mass is 366 g/mol. The predicted molar refractivity (Wildman–Crippen MR) is 102 cm³/mol. The average molecular weight is 366 g/mol. The summed E-state index contributed by atoms with van der Waals surface area (Å²) in [6.45, 7) is 5.92. The molecule has 1 aromatic heterocycles. The van der Waals surface area contributed by atoms with E-state index in [1.807, 2.05) is 6.92 Å². The molecule has 1 amide bonds. The third-order valence-corrected chi connectivity index (χ3v) is 4.45. The van der Waals surface area contributed by atoms with E-state index >= 15 is 0 Å². The molecule has 1 aliphatic heterocycles. The molecule has 2 heterocycles. The molecule has 6 nitrogen and oxygen atoms in total. The molecule has 0 spiro atoms. The molecule has 140 valence electrons. The van der Waals surface area contributed by atoms with Crippen LogP contribution in [0.4, 0.5) is 5.69 Å². The summed E-state index contributed by atoms with van der Waals surface area (Å²) in [5.74, 6) is -1.01. The lowest BCUT2D eigenvalue weighted by atomic mass is 9.91. The van der Waals surface area contributed by atoms with Gasteiger partial charge in [-0.05, 0) is 48.9 Å². The largest absolute Gasteiger partial charge is 0.503 e. The number of amides is 1. The van der Waals surface area contributed by atoms with Gasteiger partial charge in [-0.15, -0.1) is 0 Å². The Morgan fingerprint density at radius 2 is 1.81 bits per heavy atom. The van der Waals surface area contributed by atoms with Crippen molar-refractivity contribution in [2.45, 2.75) is 26.8 Å². The second-order valence-corrected chi connectivity index (χ2v) is 6.57. The number of benzene rings is 1. The third-order valence-electron chi connectivity index (χ3n) is 4.45. The van der Waals surface area contributed by atoms with Gasteiger partial charge < -0.3 is 9.84 Å². The summed E-state index contributed by atoms with van der Waals surface area (Å²) < 4.78 is 5.45. The van der Waals surface area contributed by atoms with Crippen LogP contribution in [-0.2, 0) is 9.59 Å². The number of rotatable bonds is 6. The average Bonchev–Trinajstić information content (AvgIpc) is 2.94. The molecule has 0 bridgehead atoms. The molecule has 1 N–H and O–H groups in total. The van der Waals surface area contributed by atoms with Gasteiger partial charge in [0, 0.05) is 24.0 Å². The first-order valence-electron chi connectivity index (χ1n) is 8.89. The van der Waals surface area contributed by atoms with E-state index < -0.39 is 17.7 Å². The van der Waals surface area contributed by atoms with Gasteiger partial charge >= 0.3 is 0 Å². The Hall–Kier alpha value is -3.15. The summed E-state index contributed by atoms with van der Waals surface area (Å²) in [6.07, 6.45) is 3.20. The van der Waals surface area contributed by atoms with E-state index in [1.165, 1.54) is 4.90 Å². The van der Waals surface area contributed by atoms with Crippen molar-refractivity contribution in [1.29, 1.82) is 0 Å². The molecular weight excluding hydrogens is 344 g/mol. The van der Waals surface area contributed by atoms with Crippen molar-refractivity contribution in [2.24, 2.45) is 5.92 Å². The fourth-order valence-electron chi connectivity index (χ4n) is 3.17. The van der Waals surface area contributed by atoms with E-state index in [1.54, 1.807) is 62.6 Å². The van der Waals surface area contributed by atoms with Gasteiger partial charge in [0.15, 0.2) is 11.5 Å². The fraction of sp³-hybridized carbons (Fsp3) is 0.286. The normalized spacial score (nSPS) is 17.0. The molecule has 3 rings (SSSR count). The molecule has 1 aliphatic rings. The highest BCUT2D eigenvalue weighted by Crippen LogP contribution is 2.41. The molecule has 27 heavy (non-hydrogen) atoms. The second kappa shape index (κ2) is 7.61. The minimum atomic E-state index is -0.701. The molecule has 6 heteroatoms. The number of nitrogens with zero attached hydrogens (tertiary/aromatic N) is 2. The van der Waals surface area contributed by atoms with Crippen LogP contribution < -0.4 is 9.64 Å². The minimum Gasteiger partial charge on any atom is -0.503 e. The van der Waals surface area contributed by atoms with Crippen LogP contribution >= 0.6 is 0 Å². The van der Waals surface area contributed by atoms with E-state index in [0.717, 1.165) is 0 Å². The van der Waals surface area contributed by atoms with Crippen molar-refractivity contribution in [1.82, 2.24) is 4.98 Å². The first kappa shape index (κ1) is 18.6. The number of aliphatic hydroxyl groups is 1. The zero-order valence-corrected chi connectivity index (χ0v) is 15.5. The van der Waals surface area contributed by atoms with E-state index in [9.17, 15) is 14.7 Å². The quantitative estimate of drug-likeness (QED) is 0.845. The Labute approximate surface area is 158 Å². The van der Waals surface area contributed by atoms with Crippen LogP contribution in [0.15, 0.2) is 60.1 Å². The minimum absolute atomic E-state index is 0.120. The maximum atomic E-state index is 12.9. The SMILES string of the molecule is CCOc1ccc(N2C(=O)C(O)=C(C(=O)C(C)C)C2c2ccncc2)cc1. The summed E-state index contributed by atoms with van der Waals surface area (Å²) in [5.41, 5.74) is 1.40. The maximum absolute atomic E-state index is 12.9. The van der Waals surface area contributed by atoms with Gasteiger partial charge in [-0.3, -0.25) is 19.5 Å². The van der Waals surface area contributed by atoms with Crippen LogP contribution in [0.3, 0.4) is 0 Å². The number of ketones is 1. The lowest BCUT2D eigenvalue weighted by Crippen LogP contribution is -2.31. The molecule has 0 saturated carbocycles. The Kier molecular flexibility index (Phi) is 5.26. The van der Waals surface area contributed by atoms with Gasteiger partial charge in [-0.25, -0.2) is 0 Å². The van der Waals surface area contributed by atoms with Crippen molar-refractivity contribution >= 4 is 17.4 Å². The van der Waals surface area contributed by atoms with Crippen LogP contribution in [0.1, 0.15) is 32.4 Å². The number of aliphatic hydroxyl groups excluding tert-OH is 1. The van der Waals surface area contributed by atoms with E-state index in [2.05, 4.69) is 4.98 Å². The van der Waals surface area contributed by atoms with Gasteiger partial charge in [-0.1, -0.05) is 13.8 Å². The third kappa shape index (κ3) is 3.43. The number of carbonyl (C=O) groups is 2. The highest BCUT2D eigenvalue weighted by atomic mass is 16.5. The number of aromatic nitrogens is 1. The van der Waals surface area contributed by atoms with Gasteiger partial charge in [-0.2, -0.15) is 0 Å². The van der Waals surface area contributed by atoms with Crippen LogP contribution in [0.25, 0.3) is 0 Å². The van der Waals surface area contributed by atoms with Gasteiger partial charge in [0.25, 0.3) is 5.91 Å². The summed E-state index contributed by atoms with van der Waals surface area (Å²) in [5, 5.41) is 10.5. The standard InChI is InChI=1S/C21H22N2O4/c1-4-27-16-7-5-15(6-8-16)23-18(14-9-11-22-12-10-14)17(19(24)13(2)3)20(25)21(23)26/h5-13,18,25H,4H2,1-3H3. The van der Waals surface area contributed by atoms with Crippen LogP contribution in [0.5, 0.6) is 5.75 Å². The molecule has 1 atom stereocenters. The van der Waals surface area contributed by atoms with Crippen molar-refractivity contribution in [3.8, 4) is 5.75 Å². The number of pyridine rings is 1. The lowest BCUT2D eigenvalue weighted by Gasteiger charge is -2.27. The first-order valence-corrected chi connectivity index (χ1v) is 8.89. The zero-order valence-electron chi connectivity index (χ0n) is 15.5. The molecule has 1 unspecified atom stereocenters. The summed E-state index contributed by atoms with van der Waals surface area (Å²) in [4.78, 5) is 31.1. The van der Waals surface area contributed by atoms with Gasteiger partial charge in [0.1, 0.15) is 5.75 Å². The molecule has 1 aromatic carbocycles. The Bertz CT molecular complexity index is 873. The first-order chi connectivity index (χ1) is 13.0. The molecule has 2 aromatic rings. The molecular formula is C21H22N2O4. The molecule has 0 fully saturated rings. The predicted octanol–water partition coefficient (Wildman–Crippen LogP) is 3.61. The fourth-order valence-corrected chi connectivity index (χ4v) is 3.17. The smallest absolute Gasteiger partial charge is 0.294 e. The summed E-state index contributed by atoms with van der Waals surface area (Å²) in [7, 11) is 0. The van der Waals surface area contributed by atoms with Crippen molar-refractivity contribution in [2.75, 3.05) is 11.5 Å². The number of Topliss-reactive ketones (excluding diaryl/α,β-unsaturated/α-hetero) is 1. The zero-order chi connectivity index (χ0) is 19.6. The van der Waals surface area contributed by atoms with Gasteiger partial charge in [0.2, 0.25) is 0 Å². The van der Waals surface area contributed by atoms with E-state index in [4.69, 9.17) is 4.74 Å². The van der Waals surface area contributed by atoms with E-state index in [0.29, 0.717) is 23.6 Å². The highest BCUT2D eigenvalue weighted by Gasteiger charge is 2.44. The second-order valence-electron chi connectivity index (χ2n) is 6.57. The number of anilines is 1. The summed E-state index contributed by atoms with van der Waals surface area (Å²) in [6, 6.07) is 9.79. The molecule has 0 radical (unpaired) electrons. The Balaban J connectivity index is 2.10. The highest BCUT2D eigenvalue weighted by molar-refractivity contribution is 6.16. The van der Waals surface area contributed by atoms with Crippen molar-refractivity contribution < 1.29 is 19.4 Å². The van der Waals surface area contributed by atoms with Crippen molar-refractivity contribution in [3.05, 3.63) is 65.7 Å². The number of carbonyl (C=O) groups excluding carboxylic acids is 2. The van der Waals surface area contributed by atoms with E-state index in [-0.39, 0.29) is 17.3 Å². The molecule has 0 aliphatic carbocycles. The van der Waals surface area contributed by atoms with Crippen LogP contribution in [-0.4, -0.2) is 28.4 Å². The Morgan fingerprint density at radius 1 is 1.19 bits per heavy atom. The van der Waals surface area contributed by atoms with Gasteiger partial charge in [0.05, 0.1) is 18.2 Å². The maximum Gasteiger partial charge on any atom is 0.294 e. The lowest BCUT2D eigenvalue weighted by molar-refractivity contribution is -0.119. The van der Waals surface area contributed by atoms with Crippen molar-refractivity contribution in [3.63, 3.8) is 0 Å². The number of ether oxygens (including phenoxy) is 1. The topological polar surface area (TPSA) is 79.7 Å². The summed E-state index contributed by atoms with van der Waals surface area (Å²) >= 11 is 0.